The lowest BCUT2D eigenvalue weighted by molar-refractivity contribution is -0.140. The Balaban J connectivity index is 1.57. The van der Waals surface area contributed by atoms with E-state index in [4.69, 9.17) is 0 Å². The number of carbonyl (C=O) groups excluding carboxylic acids is 3. The molecule has 0 aliphatic carbocycles. The number of hydrogen-bond acceptors (Lipinski definition) is 8. The summed E-state index contributed by atoms with van der Waals surface area (Å²) in [5.41, 5.74) is 0.367. The number of imide groups is 1. The van der Waals surface area contributed by atoms with Gasteiger partial charge < -0.3 is 10.2 Å². The van der Waals surface area contributed by atoms with Gasteiger partial charge in [0.2, 0.25) is 11.8 Å². The van der Waals surface area contributed by atoms with Crippen LogP contribution in [0, 0.1) is 11.7 Å². The van der Waals surface area contributed by atoms with Crippen molar-refractivity contribution in [2.45, 2.75) is 17.7 Å². The zero-order chi connectivity index (χ0) is 22.1. The van der Waals surface area contributed by atoms with Crippen molar-refractivity contribution in [1.29, 1.82) is 0 Å². The van der Waals surface area contributed by atoms with Gasteiger partial charge in [-0.2, -0.15) is 0 Å². The summed E-state index contributed by atoms with van der Waals surface area (Å²) in [5.74, 6) is -1.64. The molecular weight excluding hydrogens is 443 g/mol. The van der Waals surface area contributed by atoms with Crippen LogP contribution in [0.25, 0.3) is 0 Å². The maximum atomic E-state index is 14.5. The summed E-state index contributed by atoms with van der Waals surface area (Å²) in [4.78, 5) is 44.3. The van der Waals surface area contributed by atoms with E-state index in [2.05, 4.69) is 20.9 Å². The van der Waals surface area contributed by atoms with Crippen molar-refractivity contribution in [2.75, 3.05) is 25.2 Å². The molecule has 2 fully saturated rings. The van der Waals surface area contributed by atoms with E-state index < -0.39 is 35.5 Å². The summed E-state index contributed by atoms with van der Waals surface area (Å²) in [6.07, 6.45) is 0.296. The topological polar surface area (TPSA) is 107 Å². The Morgan fingerprint density at radius 3 is 2.77 bits per heavy atom. The molecule has 0 saturated carbocycles. The largest absolute Gasteiger partial charge is 0.327 e. The first-order chi connectivity index (χ1) is 14.9. The Bertz CT molecular complexity index is 991. The molecule has 0 bridgehead atoms. The van der Waals surface area contributed by atoms with Gasteiger partial charge >= 0.3 is 6.03 Å². The molecule has 3 N–H and O–H groups in total. The van der Waals surface area contributed by atoms with Crippen LogP contribution < -0.4 is 16.0 Å². The average Bonchev–Trinajstić information content (AvgIpc) is 3.27. The van der Waals surface area contributed by atoms with Gasteiger partial charge in [0, 0.05) is 31.2 Å². The SMILES string of the molecule is CN1C(=O)C2C(SCC(=O)Nc3nccs3)NC(c3ccccc3F)NC2N(C)C1=O. The van der Waals surface area contributed by atoms with Gasteiger partial charge in [0.05, 0.1) is 29.4 Å². The average molecular weight is 465 g/mol. The summed E-state index contributed by atoms with van der Waals surface area (Å²) in [5, 5.41) is 10.8. The first-order valence-corrected chi connectivity index (χ1v) is 11.4. The Morgan fingerprint density at radius 2 is 2.06 bits per heavy atom. The second kappa shape index (κ2) is 8.91. The third-order valence-corrected chi connectivity index (χ3v) is 7.15. The maximum absolute atomic E-state index is 14.5. The summed E-state index contributed by atoms with van der Waals surface area (Å²) in [6, 6.07) is 5.84. The van der Waals surface area contributed by atoms with Crippen molar-refractivity contribution in [3.8, 4) is 0 Å². The molecule has 1 aromatic heterocycles. The highest BCUT2D eigenvalue weighted by Gasteiger charge is 2.51. The number of fused-ring (bicyclic) bond motifs is 1. The molecule has 3 heterocycles. The molecule has 9 nitrogen and oxygen atoms in total. The molecule has 1 aromatic carbocycles. The molecule has 2 aliphatic rings. The monoisotopic (exact) mass is 464 g/mol. The van der Waals surface area contributed by atoms with E-state index in [-0.39, 0.29) is 17.6 Å². The summed E-state index contributed by atoms with van der Waals surface area (Å²) < 4.78 is 14.5. The fraction of sp³-hybridized carbons (Fsp3) is 0.368. The highest BCUT2D eigenvalue weighted by atomic mass is 32.2. The number of hydrogen-bond donors (Lipinski definition) is 3. The number of urea groups is 1. The number of benzene rings is 1. The number of carbonyl (C=O) groups is 3. The van der Waals surface area contributed by atoms with Crippen LogP contribution in [0.1, 0.15) is 11.7 Å². The smallest absolute Gasteiger partial charge is 0.311 e. The fourth-order valence-corrected chi connectivity index (χ4v) is 5.35. The molecular formula is C19H21FN6O3S2. The number of amides is 4. The molecule has 164 valence electrons. The first kappa shape index (κ1) is 21.7. The van der Waals surface area contributed by atoms with E-state index in [9.17, 15) is 18.8 Å². The number of thiazole rings is 1. The predicted octanol–water partition coefficient (Wildman–Crippen LogP) is 1.64. The van der Waals surface area contributed by atoms with E-state index in [1.165, 1.54) is 41.1 Å². The van der Waals surface area contributed by atoms with E-state index >= 15 is 0 Å². The third-order valence-electron chi connectivity index (χ3n) is 5.25. The molecule has 2 aromatic rings. The van der Waals surface area contributed by atoms with E-state index in [1.54, 1.807) is 36.8 Å². The molecule has 4 atom stereocenters. The Hall–Kier alpha value is -2.54. The summed E-state index contributed by atoms with van der Waals surface area (Å²) in [6.45, 7) is 0. The van der Waals surface area contributed by atoms with Crippen LogP contribution in [0.15, 0.2) is 35.8 Å². The second-order valence-corrected chi connectivity index (χ2v) is 9.19. The van der Waals surface area contributed by atoms with E-state index in [0.717, 1.165) is 4.90 Å². The minimum absolute atomic E-state index is 0.0547. The van der Waals surface area contributed by atoms with Crippen molar-refractivity contribution < 1.29 is 18.8 Å². The van der Waals surface area contributed by atoms with Crippen LogP contribution in [0.4, 0.5) is 14.3 Å². The Morgan fingerprint density at radius 1 is 1.29 bits per heavy atom. The molecule has 4 rings (SSSR count). The van der Waals surface area contributed by atoms with Gasteiger partial charge in [-0.1, -0.05) is 18.2 Å². The molecule has 4 amide bonds. The van der Waals surface area contributed by atoms with E-state index in [1.807, 2.05) is 0 Å². The number of halogens is 1. The highest BCUT2D eigenvalue weighted by molar-refractivity contribution is 8.00. The lowest BCUT2D eigenvalue weighted by Gasteiger charge is -2.50. The number of rotatable bonds is 5. The van der Waals surface area contributed by atoms with Gasteiger partial charge in [-0.15, -0.1) is 23.1 Å². The lowest BCUT2D eigenvalue weighted by Crippen LogP contribution is -2.72. The summed E-state index contributed by atoms with van der Waals surface area (Å²) >= 11 is 2.54. The fourth-order valence-electron chi connectivity index (χ4n) is 3.69. The molecule has 2 aliphatic heterocycles. The van der Waals surface area contributed by atoms with Crippen LogP contribution in [-0.4, -0.2) is 64.0 Å². The normalized spacial score (nSPS) is 26.0. The summed E-state index contributed by atoms with van der Waals surface area (Å²) in [7, 11) is 3.02. The van der Waals surface area contributed by atoms with Crippen molar-refractivity contribution in [1.82, 2.24) is 25.4 Å². The van der Waals surface area contributed by atoms with Crippen molar-refractivity contribution in [3.05, 3.63) is 47.2 Å². The van der Waals surface area contributed by atoms with Crippen LogP contribution in [-0.2, 0) is 9.59 Å². The van der Waals surface area contributed by atoms with Gasteiger partial charge in [0.1, 0.15) is 5.82 Å². The Labute approximate surface area is 186 Å². The van der Waals surface area contributed by atoms with Gasteiger partial charge in [-0.05, 0) is 6.07 Å². The number of anilines is 1. The van der Waals surface area contributed by atoms with Crippen LogP contribution in [0.3, 0.4) is 0 Å². The number of nitrogens with one attached hydrogen (secondary N) is 3. The van der Waals surface area contributed by atoms with Crippen molar-refractivity contribution in [2.24, 2.45) is 5.92 Å². The van der Waals surface area contributed by atoms with Crippen molar-refractivity contribution >= 4 is 46.1 Å². The molecule has 2 saturated heterocycles. The Kier molecular flexibility index (Phi) is 6.23. The number of nitrogens with zero attached hydrogens (tertiary/aromatic N) is 3. The number of thioether (sulfide) groups is 1. The number of aromatic nitrogens is 1. The van der Waals surface area contributed by atoms with E-state index in [0.29, 0.717) is 10.7 Å². The molecule has 0 spiro atoms. The van der Waals surface area contributed by atoms with Crippen LogP contribution in [0.5, 0.6) is 0 Å². The molecule has 4 unspecified atom stereocenters. The predicted molar refractivity (Wildman–Crippen MR) is 116 cm³/mol. The van der Waals surface area contributed by atoms with Gasteiger partial charge in [-0.25, -0.2) is 14.2 Å². The minimum Gasteiger partial charge on any atom is -0.311 e. The van der Waals surface area contributed by atoms with Crippen molar-refractivity contribution in [3.63, 3.8) is 0 Å². The lowest BCUT2D eigenvalue weighted by atomic mass is 9.96. The third kappa shape index (κ3) is 4.28. The zero-order valence-corrected chi connectivity index (χ0v) is 18.4. The maximum Gasteiger partial charge on any atom is 0.327 e. The molecule has 0 radical (unpaired) electrons. The molecule has 12 heteroatoms. The zero-order valence-electron chi connectivity index (χ0n) is 16.7. The molecule has 31 heavy (non-hydrogen) atoms. The standard InChI is InChI=1S/C19H21FN6O3S2/c1-25-15-13(17(28)26(2)19(25)29)16(31-9-12(27)22-18-21-7-8-30-18)24-14(23-15)10-5-3-4-6-11(10)20/h3-8,13-16,23-24H,9H2,1-2H3,(H,21,22,27). The highest BCUT2D eigenvalue weighted by Crippen LogP contribution is 2.34. The van der Waals surface area contributed by atoms with Gasteiger partial charge in [-0.3, -0.25) is 25.1 Å². The first-order valence-electron chi connectivity index (χ1n) is 9.48. The second-order valence-electron chi connectivity index (χ2n) is 7.17. The quantitative estimate of drug-likeness (QED) is 0.618. The van der Waals surface area contributed by atoms with Crippen LogP contribution >= 0.6 is 23.1 Å². The van der Waals surface area contributed by atoms with Crippen LogP contribution in [0.2, 0.25) is 0 Å². The minimum atomic E-state index is -0.659. The van der Waals surface area contributed by atoms with Gasteiger partial charge in [0.15, 0.2) is 5.13 Å². The van der Waals surface area contributed by atoms with Gasteiger partial charge in [0.25, 0.3) is 0 Å².